The van der Waals surface area contributed by atoms with E-state index in [1.54, 1.807) is 6.92 Å². The lowest BCUT2D eigenvalue weighted by atomic mass is 9.87. The number of aromatic amines is 1. The molecule has 2 rings (SSSR count). The van der Waals surface area contributed by atoms with Crippen LogP contribution in [-0.2, 0) is 10.0 Å². The summed E-state index contributed by atoms with van der Waals surface area (Å²) in [5.74, 6) is 0.780. The first-order valence-corrected chi connectivity index (χ1v) is 7.64. The molecule has 1 saturated carbocycles. The van der Waals surface area contributed by atoms with Gasteiger partial charge in [-0.15, -0.1) is 0 Å². The van der Waals surface area contributed by atoms with Crippen molar-refractivity contribution in [1.82, 2.24) is 14.7 Å². The summed E-state index contributed by atoms with van der Waals surface area (Å²) in [6.45, 7) is 1.84. The summed E-state index contributed by atoms with van der Waals surface area (Å²) in [5.41, 5.74) is 0. The van der Waals surface area contributed by atoms with Crippen molar-refractivity contribution in [2.75, 3.05) is 6.61 Å². The third-order valence-electron chi connectivity index (χ3n) is 3.33. The first kappa shape index (κ1) is 13.5. The molecule has 0 bridgehead atoms. The van der Waals surface area contributed by atoms with Crippen LogP contribution in [0.1, 0.15) is 31.5 Å². The number of nitrogens with zero attached hydrogens (tertiary/aromatic N) is 1. The van der Waals surface area contributed by atoms with Crippen LogP contribution < -0.4 is 4.72 Å². The number of aryl methyl sites for hydroxylation is 1. The highest BCUT2D eigenvalue weighted by Crippen LogP contribution is 2.24. The fraction of sp³-hybridized carbons (Fsp3) is 0.727. The highest BCUT2D eigenvalue weighted by atomic mass is 32.2. The van der Waals surface area contributed by atoms with Gasteiger partial charge in [-0.2, -0.15) is 0 Å². The topological polar surface area (TPSA) is 95.1 Å². The van der Waals surface area contributed by atoms with Gasteiger partial charge < -0.3 is 10.1 Å². The monoisotopic (exact) mass is 273 g/mol. The number of H-pyrrole nitrogens is 1. The molecule has 1 aromatic heterocycles. The SMILES string of the molecule is Cc1ncc(S(=O)(=O)NC2CCCC(CO)C2)[nH]1. The van der Waals surface area contributed by atoms with Gasteiger partial charge in [0.2, 0.25) is 0 Å². The Morgan fingerprint density at radius 1 is 1.56 bits per heavy atom. The molecule has 18 heavy (non-hydrogen) atoms. The highest BCUT2D eigenvalue weighted by Gasteiger charge is 2.26. The van der Waals surface area contributed by atoms with Crippen molar-refractivity contribution in [2.24, 2.45) is 5.92 Å². The number of rotatable bonds is 4. The van der Waals surface area contributed by atoms with Crippen molar-refractivity contribution >= 4 is 10.0 Å². The molecule has 2 unspecified atom stereocenters. The zero-order chi connectivity index (χ0) is 13.2. The molecule has 1 aromatic rings. The molecule has 0 aliphatic heterocycles. The molecule has 2 atom stereocenters. The van der Waals surface area contributed by atoms with E-state index in [1.165, 1.54) is 6.20 Å². The van der Waals surface area contributed by atoms with Crippen molar-refractivity contribution in [3.8, 4) is 0 Å². The molecule has 0 amide bonds. The first-order valence-electron chi connectivity index (χ1n) is 6.16. The minimum atomic E-state index is -3.52. The Kier molecular flexibility index (Phi) is 4.04. The van der Waals surface area contributed by atoms with Gasteiger partial charge in [-0.25, -0.2) is 18.1 Å². The van der Waals surface area contributed by atoms with Crippen LogP contribution in [0.3, 0.4) is 0 Å². The van der Waals surface area contributed by atoms with E-state index in [-0.39, 0.29) is 23.6 Å². The average Bonchev–Trinajstić information content (AvgIpc) is 2.76. The number of nitrogens with one attached hydrogen (secondary N) is 2. The maximum absolute atomic E-state index is 12.1. The summed E-state index contributed by atoms with van der Waals surface area (Å²) in [5, 5.41) is 9.24. The van der Waals surface area contributed by atoms with E-state index in [2.05, 4.69) is 14.7 Å². The number of aliphatic hydroxyl groups is 1. The molecule has 0 radical (unpaired) electrons. The second-order valence-electron chi connectivity index (χ2n) is 4.87. The standard InChI is InChI=1S/C11H19N3O3S/c1-8-12-6-11(13-8)18(16,17)14-10-4-2-3-9(5-10)7-15/h6,9-10,14-15H,2-5,7H2,1H3,(H,12,13). The Bertz CT molecular complexity index is 497. The summed E-state index contributed by atoms with van der Waals surface area (Å²) in [4.78, 5) is 6.61. The maximum atomic E-state index is 12.1. The molecule has 1 aliphatic carbocycles. The lowest BCUT2D eigenvalue weighted by molar-refractivity contribution is 0.177. The normalized spacial score (nSPS) is 25.2. The van der Waals surface area contributed by atoms with Gasteiger partial charge in [0, 0.05) is 12.6 Å². The van der Waals surface area contributed by atoms with E-state index in [9.17, 15) is 8.42 Å². The molecule has 3 N–H and O–H groups in total. The Hall–Kier alpha value is -0.920. The quantitative estimate of drug-likeness (QED) is 0.746. The molecule has 0 saturated heterocycles. The van der Waals surface area contributed by atoms with Crippen LogP contribution in [0.2, 0.25) is 0 Å². The summed E-state index contributed by atoms with van der Waals surface area (Å²) < 4.78 is 26.8. The third kappa shape index (κ3) is 3.09. The minimum absolute atomic E-state index is 0.0930. The highest BCUT2D eigenvalue weighted by molar-refractivity contribution is 7.89. The van der Waals surface area contributed by atoms with Gasteiger partial charge in [0.25, 0.3) is 10.0 Å². The fourth-order valence-corrected chi connectivity index (χ4v) is 3.64. The smallest absolute Gasteiger partial charge is 0.257 e. The van der Waals surface area contributed by atoms with Crippen molar-refractivity contribution in [3.05, 3.63) is 12.0 Å². The van der Waals surface area contributed by atoms with Crippen molar-refractivity contribution < 1.29 is 13.5 Å². The van der Waals surface area contributed by atoms with E-state index >= 15 is 0 Å². The number of aromatic nitrogens is 2. The van der Waals surface area contributed by atoms with Crippen LogP contribution >= 0.6 is 0 Å². The lowest BCUT2D eigenvalue weighted by Crippen LogP contribution is -2.39. The zero-order valence-corrected chi connectivity index (χ0v) is 11.2. The van der Waals surface area contributed by atoms with Gasteiger partial charge >= 0.3 is 0 Å². The van der Waals surface area contributed by atoms with Crippen LogP contribution in [0.15, 0.2) is 11.2 Å². The average molecular weight is 273 g/mol. The molecular weight excluding hydrogens is 254 g/mol. The molecule has 7 heteroatoms. The summed E-state index contributed by atoms with van der Waals surface area (Å²) in [7, 11) is -3.52. The molecule has 0 aromatic carbocycles. The Balaban J connectivity index is 2.04. The Morgan fingerprint density at radius 2 is 2.33 bits per heavy atom. The van der Waals surface area contributed by atoms with E-state index in [0.717, 1.165) is 19.3 Å². The second kappa shape index (κ2) is 5.38. The van der Waals surface area contributed by atoms with E-state index in [4.69, 9.17) is 5.11 Å². The van der Waals surface area contributed by atoms with Gasteiger partial charge in [-0.1, -0.05) is 6.42 Å². The number of sulfonamides is 1. The predicted octanol–water partition coefficient (Wildman–Crippen LogP) is 0.548. The molecule has 0 spiro atoms. The Morgan fingerprint density at radius 3 is 2.94 bits per heavy atom. The van der Waals surface area contributed by atoms with Crippen LogP contribution in [0.4, 0.5) is 0 Å². The fourth-order valence-electron chi connectivity index (χ4n) is 2.38. The van der Waals surface area contributed by atoms with Crippen LogP contribution in [-0.4, -0.2) is 36.1 Å². The van der Waals surface area contributed by atoms with E-state index < -0.39 is 10.0 Å². The van der Waals surface area contributed by atoms with Crippen molar-refractivity contribution in [1.29, 1.82) is 0 Å². The summed E-state index contributed by atoms with van der Waals surface area (Å²) >= 11 is 0. The second-order valence-corrected chi connectivity index (χ2v) is 6.55. The molecule has 1 fully saturated rings. The first-order chi connectivity index (χ1) is 8.51. The molecule has 1 aliphatic rings. The van der Waals surface area contributed by atoms with Crippen molar-refractivity contribution in [2.45, 2.75) is 43.7 Å². The minimum Gasteiger partial charge on any atom is -0.396 e. The Labute approximate surface area is 107 Å². The van der Waals surface area contributed by atoms with Gasteiger partial charge in [0.15, 0.2) is 5.03 Å². The van der Waals surface area contributed by atoms with Gasteiger partial charge in [-0.3, -0.25) is 0 Å². The van der Waals surface area contributed by atoms with Crippen LogP contribution in [0.25, 0.3) is 0 Å². The molecule has 1 heterocycles. The van der Waals surface area contributed by atoms with E-state index in [1.807, 2.05) is 0 Å². The van der Waals surface area contributed by atoms with Gasteiger partial charge in [-0.05, 0) is 32.1 Å². The number of hydrogen-bond donors (Lipinski definition) is 3. The third-order valence-corrected chi connectivity index (χ3v) is 4.76. The molecule has 102 valence electrons. The zero-order valence-electron chi connectivity index (χ0n) is 10.4. The predicted molar refractivity (Wildman–Crippen MR) is 66.5 cm³/mol. The van der Waals surface area contributed by atoms with Crippen LogP contribution in [0, 0.1) is 12.8 Å². The van der Waals surface area contributed by atoms with Crippen molar-refractivity contribution in [3.63, 3.8) is 0 Å². The number of aliphatic hydroxyl groups excluding tert-OH is 1. The number of hydrogen-bond acceptors (Lipinski definition) is 4. The summed E-state index contributed by atoms with van der Waals surface area (Å²) in [6.07, 6.45) is 4.76. The van der Waals surface area contributed by atoms with Crippen LogP contribution in [0.5, 0.6) is 0 Å². The van der Waals surface area contributed by atoms with Gasteiger partial charge in [0.1, 0.15) is 5.82 Å². The molecular formula is C11H19N3O3S. The summed E-state index contributed by atoms with van der Waals surface area (Å²) in [6, 6.07) is -0.0930. The largest absolute Gasteiger partial charge is 0.396 e. The molecule has 6 nitrogen and oxygen atoms in total. The van der Waals surface area contributed by atoms with Gasteiger partial charge in [0.05, 0.1) is 6.20 Å². The van der Waals surface area contributed by atoms with E-state index in [0.29, 0.717) is 12.2 Å². The maximum Gasteiger partial charge on any atom is 0.257 e. The lowest BCUT2D eigenvalue weighted by Gasteiger charge is -2.28. The number of imidazole rings is 1.